The molecule has 1 atom stereocenters. The summed E-state index contributed by atoms with van der Waals surface area (Å²) in [5.74, 6) is 0.436. The maximum Gasteiger partial charge on any atom is 0.326 e. The lowest BCUT2D eigenvalue weighted by Gasteiger charge is -2.28. The molecule has 37 heavy (non-hydrogen) atoms. The number of para-hydroxylation sites is 1. The number of H-pyrrole nitrogens is 1. The average Bonchev–Trinajstić information content (AvgIpc) is 3.55. The summed E-state index contributed by atoms with van der Waals surface area (Å²) >= 11 is 0. The molecular weight excluding hydrogens is 470 g/mol. The zero-order chi connectivity index (χ0) is 25.9. The van der Waals surface area contributed by atoms with Crippen molar-refractivity contribution in [2.24, 2.45) is 5.92 Å². The number of aromatic amines is 1. The van der Waals surface area contributed by atoms with Gasteiger partial charge in [0.25, 0.3) is 5.91 Å². The van der Waals surface area contributed by atoms with Gasteiger partial charge >= 0.3 is 5.69 Å². The van der Waals surface area contributed by atoms with Crippen molar-refractivity contribution in [2.75, 3.05) is 25.5 Å². The molecule has 1 unspecified atom stereocenters. The normalized spacial score (nSPS) is 21.6. The van der Waals surface area contributed by atoms with Crippen molar-refractivity contribution < 1.29 is 14.3 Å². The second-order valence-corrected chi connectivity index (χ2v) is 10.2. The van der Waals surface area contributed by atoms with E-state index >= 15 is 0 Å². The minimum Gasteiger partial charge on any atom is -0.496 e. The zero-order valence-electron chi connectivity index (χ0n) is 21.4. The van der Waals surface area contributed by atoms with Crippen LogP contribution >= 0.6 is 0 Å². The number of nitrogens with zero attached hydrogens (tertiary/aromatic N) is 1. The van der Waals surface area contributed by atoms with Gasteiger partial charge in [0.15, 0.2) is 0 Å². The van der Waals surface area contributed by atoms with Crippen LogP contribution in [0, 0.1) is 12.8 Å². The van der Waals surface area contributed by atoms with Gasteiger partial charge in [-0.25, -0.2) is 4.79 Å². The molecule has 5 rings (SSSR count). The molecule has 1 saturated carbocycles. The van der Waals surface area contributed by atoms with Gasteiger partial charge in [-0.15, -0.1) is 0 Å². The van der Waals surface area contributed by atoms with Crippen molar-refractivity contribution >= 4 is 28.5 Å². The van der Waals surface area contributed by atoms with Crippen LogP contribution in [0.15, 0.2) is 41.2 Å². The molecule has 4 N–H and O–H groups in total. The van der Waals surface area contributed by atoms with Crippen molar-refractivity contribution in [3.8, 4) is 5.75 Å². The van der Waals surface area contributed by atoms with Crippen LogP contribution in [-0.2, 0) is 4.79 Å². The molecule has 0 bridgehead atoms. The Morgan fingerprint density at radius 1 is 1.11 bits per heavy atom. The number of benzene rings is 2. The highest BCUT2D eigenvalue weighted by molar-refractivity contribution is 6.05. The molecule has 2 fully saturated rings. The van der Waals surface area contributed by atoms with Crippen molar-refractivity contribution in [3.63, 3.8) is 0 Å². The standard InChI is InChI=1S/C28H35N5O4/c1-17-8-11-19(15-24(17)37-2)31-26(34)18-9-12-21(13-10-18)33-23-7-3-6-22(25(23)32-28(33)36)27(35)30-16-20-5-4-14-29-20/h3,6-8,11,15,18,20-21,29H,4-5,9-10,12-14,16H2,1-2H3,(H,30,35)(H,31,34)(H,32,36)/t18-,20?,21+. The van der Waals surface area contributed by atoms with Crippen molar-refractivity contribution in [1.29, 1.82) is 0 Å². The lowest BCUT2D eigenvalue weighted by Crippen LogP contribution is -2.37. The molecule has 2 heterocycles. The molecule has 2 aliphatic rings. The summed E-state index contributed by atoms with van der Waals surface area (Å²) in [5, 5.41) is 9.40. The molecule has 0 radical (unpaired) electrons. The number of ether oxygens (including phenoxy) is 1. The number of aryl methyl sites for hydroxylation is 1. The molecule has 1 saturated heterocycles. The minimum atomic E-state index is -0.215. The lowest BCUT2D eigenvalue weighted by atomic mass is 9.85. The van der Waals surface area contributed by atoms with E-state index in [1.807, 2.05) is 37.3 Å². The molecule has 1 aliphatic carbocycles. The van der Waals surface area contributed by atoms with E-state index in [1.165, 1.54) is 0 Å². The number of hydrogen-bond donors (Lipinski definition) is 4. The first-order valence-corrected chi connectivity index (χ1v) is 13.1. The van der Waals surface area contributed by atoms with Gasteiger partial charge in [0.05, 0.1) is 23.7 Å². The van der Waals surface area contributed by atoms with Crippen LogP contribution < -0.4 is 26.4 Å². The van der Waals surface area contributed by atoms with E-state index in [9.17, 15) is 14.4 Å². The highest BCUT2D eigenvalue weighted by atomic mass is 16.5. The molecule has 0 spiro atoms. The Labute approximate surface area is 216 Å². The molecule has 3 aromatic rings. The van der Waals surface area contributed by atoms with Crippen molar-refractivity contribution in [2.45, 2.75) is 57.5 Å². The Balaban J connectivity index is 1.25. The van der Waals surface area contributed by atoms with E-state index in [2.05, 4.69) is 20.9 Å². The number of carbonyl (C=O) groups excluding carboxylic acids is 2. The van der Waals surface area contributed by atoms with Gasteiger partial charge in [0.1, 0.15) is 5.75 Å². The number of methoxy groups -OCH3 is 1. The van der Waals surface area contributed by atoms with Crippen LogP contribution in [0.4, 0.5) is 5.69 Å². The average molecular weight is 506 g/mol. The first kappa shape index (κ1) is 25.1. The van der Waals surface area contributed by atoms with E-state index in [0.29, 0.717) is 49.4 Å². The van der Waals surface area contributed by atoms with Crippen molar-refractivity contribution in [3.05, 3.63) is 58.0 Å². The first-order valence-electron chi connectivity index (χ1n) is 13.1. The summed E-state index contributed by atoms with van der Waals surface area (Å²) in [7, 11) is 1.62. The van der Waals surface area contributed by atoms with Gasteiger partial charge in [-0.05, 0) is 75.8 Å². The van der Waals surface area contributed by atoms with E-state index in [0.717, 1.165) is 41.9 Å². The Kier molecular flexibility index (Phi) is 7.32. The summed E-state index contributed by atoms with van der Waals surface area (Å²) < 4.78 is 7.13. The maximum atomic E-state index is 13.0. The quantitative estimate of drug-likeness (QED) is 0.392. The summed E-state index contributed by atoms with van der Waals surface area (Å²) in [6, 6.07) is 11.4. The van der Waals surface area contributed by atoms with Crippen LogP contribution in [-0.4, -0.2) is 47.6 Å². The molecule has 196 valence electrons. The third-order valence-electron chi connectivity index (χ3n) is 7.78. The topological polar surface area (TPSA) is 117 Å². The van der Waals surface area contributed by atoms with Gasteiger partial charge < -0.3 is 25.7 Å². The molecule has 2 amide bonds. The summed E-state index contributed by atoms with van der Waals surface area (Å²) in [5.41, 5.74) is 3.29. The number of nitrogens with one attached hydrogen (secondary N) is 4. The summed E-state index contributed by atoms with van der Waals surface area (Å²) in [4.78, 5) is 41.8. The predicted octanol–water partition coefficient (Wildman–Crippen LogP) is 3.50. The number of anilines is 1. The van der Waals surface area contributed by atoms with Gasteiger partial charge in [-0.2, -0.15) is 0 Å². The fourth-order valence-electron chi connectivity index (χ4n) is 5.68. The highest BCUT2D eigenvalue weighted by Gasteiger charge is 2.29. The predicted molar refractivity (Wildman–Crippen MR) is 143 cm³/mol. The largest absolute Gasteiger partial charge is 0.496 e. The summed E-state index contributed by atoms with van der Waals surface area (Å²) in [6.07, 6.45) is 4.98. The highest BCUT2D eigenvalue weighted by Crippen LogP contribution is 2.34. The van der Waals surface area contributed by atoms with E-state index < -0.39 is 0 Å². The van der Waals surface area contributed by atoms with Crippen LogP contribution in [0.2, 0.25) is 0 Å². The van der Waals surface area contributed by atoms with Crippen LogP contribution in [0.1, 0.15) is 60.5 Å². The number of imidazole rings is 1. The molecule has 1 aromatic heterocycles. The first-order chi connectivity index (χ1) is 17.9. The second-order valence-electron chi connectivity index (χ2n) is 10.2. The Morgan fingerprint density at radius 3 is 2.65 bits per heavy atom. The third-order valence-corrected chi connectivity index (χ3v) is 7.78. The number of amides is 2. The fourth-order valence-corrected chi connectivity index (χ4v) is 5.68. The smallest absolute Gasteiger partial charge is 0.326 e. The minimum absolute atomic E-state index is 0.00802. The number of aromatic nitrogens is 2. The van der Waals surface area contributed by atoms with Gasteiger partial charge in [0.2, 0.25) is 5.91 Å². The number of fused-ring (bicyclic) bond motifs is 1. The number of carbonyl (C=O) groups is 2. The van der Waals surface area contributed by atoms with E-state index in [4.69, 9.17) is 4.74 Å². The second kappa shape index (κ2) is 10.8. The van der Waals surface area contributed by atoms with Crippen LogP contribution in [0.3, 0.4) is 0 Å². The monoisotopic (exact) mass is 505 g/mol. The molecular formula is C28H35N5O4. The third kappa shape index (κ3) is 5.27. The molecule has 1 aliphatic heterocycles. The molecule has 9 nitrogen and oxygen atoms in total. The molecule has 2 aromatic carbocycles. The maximum absolute atomic E-state index is 13.0. The fraction of sp³-hybridized carbons (Fsp3) is 0.464. The van der Waals surface area contributed by atoms with Gasteiger partial charge in [-0.1, -0.05) is 12.1 Å². The van der Waals surface area contributed by atoms with Crippen LogP contribution in [0.5, 0.6) is 5.75 Å². The van der Waals surface area contributed by atoms with E-state index in [-0.39, 0.29) is 29.5 Å². The summed E-state index contributed by atoms with van der Waals surface area (Å²) in [6.45, 7) is 3.51. The van der Waals surface area contributed by atoms with Crippen molar-refractivity contribution in [1.82, 2.24) is 20.2 Å². The zero-order valence-corrected chi connectivity index (χ0v) is 21.4. The van der Waals surface area contributed by atoms with E-state index in [1.54, 1.807) is 17.7 Å². The Morgan fingerprint density at radius 2 is 1.92 bits per heavy atom. The van der Waals surface area contributed by atoms with Crippen LogP contribution in [0.25, 0.3) is 11.0 Å². The Bertz CT molecular complexity index is 1350. The lowest BCUT2D eigenvalue weighted by molar-refractivity contribution is -0.121. The van der Waals surface area contributed by atoms with Gasteiger partial charge in [0, 0.05) is 36.3 Å². The Hall–Kier alpha value is -3.59. The number of hydrogen-bond acceptors (Lipinski definition) is 5. The van der Waals surface area contributed by atoms with Gasteiger partial charge in [-0.3, -0.25) is 14.2 Å². The molecule has 9 heteroatoms. The number of rotatable bonds is 7. The SMILES string of the molecule is COc1cc(NC(=O)[C@H]2CC[C@@H](n3c(=O)[nH]c4c(C(=O)NCC5CCCN5)cccc43)CC2)ccc1C.